The van der Waals surface area contributed by atoms with Gasteiger partial charge in [-0.15, -0.1) is 11.3 Å². The van der Waals surface area contributed by atoms with Crippen molar-refractivity contribution < 1.29 is 9.59 Å². The van der Waals surface area contributed by atoms with Crippen LogP contribution in [0.3, 0.4) is 0 Å². The average molecular weight is 354 g/mol. The molecule has 1 spiro atoms. The van der Waals surface area contributed by atoms with Crippen molar-refractivity contribution in [1.82, 2.24) is 14.8 Å². The van der Waals surface area contributed by atoms with E-state index in [0.717, 1.165) is 43.2 Å². The van der Waals surface area contributed by atoms with E-state index in [-0.39, 0.29) is 17.2 Å². The zero-order chi connectivity index (χ0) is 16.4. The number of thiazole rings is 1. The van der Waals surface area contributed by atoms with Gasteiger partial charge in [-0.3, -0.25) is 9.59 Å². The lowest BCUT2D eigenvalue weighted by molar-refractivity contribution is -0.130. The molecule has 2 fully saturated rings. The van der Waals surface area contributed by atoms with Gasteiger partial charge in [-0.05, 0) is 26.0 Å². The molecule has 0 bridgehead atoms. The summed E-state index contributed by atoms with van der Waals surface area (Å²) in [5.74, 6) is 1.02. The number of amides is 2. The van der Waals surface area contributed by atoms with Gasteiger partial charge in [0.1, 0.15) is 0 Å². The smallest absolute Gasteiger partial charge is 0.232 e. The number of hydrogen-bond acceptors (Lipinski definition) is 5. The molecule has 0 radical (unpaired) electrons. The van der Waals surface area contributed by atoms with Crippen LogP contribution >= 0.6 is 23.1 Å². The fourth-order valence-corrected chi connectivity index (χ4v) is 4.62. The molecule has 0 atom stereocenters. The molecule has 1 aromatic heterocycles. The van der Waals surface area contributed by atoms with E-state index in [1.165, 1.54) is 0 Å². The third-order valence-electron chi connectivity index (χ3n) is 4.87. The van der Waals surface area contributed by atoms with Crippen LogP contribution in [0.15, 0.2) is 5.38 Å². The second kappa shape index (κ2) is 6.81. The molecule has 5 nitrogen and oxygen atoms in total. The second-order valence-corrected chi connectivity index (χ2v) is 8.53. The van der Waals surface area contributed by atoms with E-state index in [2.05, 4.69) is 4.98 Å². The zero-order valence-electron chi connectivity index (χ0n) is 13.7. The highest BCUT2D eigenvalue weighted by molar-refractivity contribution is 7.99. The third-order valence-corrected chi connectivity index (χ3v) is 6.23. The topological polar surface area (TPSA) is 53.5 Å². The maximum atomic E-state index is 12.4. The number of thioether (sulfide) groups is 1. The predicted molar refractivity (Wildman–Crippen MR) is 93.5 cm³/mol. The molecule has 23 heavy (non-hydrogen) atoms. The number of aryl methyl sites for hydroxylation is 1. The minimum absolute atomic E-state index is 0.0677. The van der Waals surface area contributed by atoms with Crippen molar-refractivity contribution in [3.63, 3.8) is 0 Å². The minimum Gasteiger partial charge on any atom is -0.342 e. The zero-order valence-corrected chi connectivity index (χ0v) is 15.3. The molecule has 0 aromatic carbocycles. The first-order valence-electron chi connectivity index (χ1n) is 7.97. The quantitative estimate of drug-likeness (QED) is 0.832. The van der Waals surface area contributed by atoms with Crippen molar-refractivity contribution in [1.29, 1.82) is 0 Å². The highest BCUT2D eigenvalue weighted by Gasteiger charge is 2.45. The maximum Gasteiger partial charge on any atom is 0.232 e. The molecule has 3 heterocycles. The molecule has 0 unspecified atom stereocenters. The normalized spacial score (nSPS) is 20.5. The lowest BCUT2D eigenvalue weighted by Gasteiger charge is -2.38. The molecule has 0 saturated carbocycles. The minimum atomic E-state index is 0.0677. The van der Waals surface area contributed by atoms with E-state index in [9.17, 15) is 9.59 Å². The summed E-state index contributed by atoms with van der Waals surface area (Å²) in [6, 6.07) is 0. The summed E-state index contributed by atoms with van der Waals surface area (Å²) in [6.07, 6.45) is 4.45. The van der Waals surface area contributed by atoms with Gasteiger partial charge < -0.3 is 9.80 Å². The highest BCUT2D eigenvalue weighted by atomic mass is 32.2. The first-order valence-corrected chi connectivity index (χ1v) is 10.2. The molecule has 3 rings (SSSR count). The molecule has 126 valence electrons. The molecule has 0 aliphatic carbocycles. The van der Waals surface area contributed by atoms with Gasteiger partial charge in [-0.1, -0.05) is 0 Å². The summed E-state index contributed by atoms with van der Waals surface area (Å²) < 4.78 is 0. The first-order chi connectivity index (χ1) is 11.0. The highest BCUT2D eigenvalue weighted by Crippen LogP contribution is 2.41. The molecule has 1 aromatic rings. The molecule has 2 aliphatic heterocycles. The van der Waals surface area contributed by atoms with E-state index in [0.29, 0.717) is 18.7 Å². The van der Waals surface area contributed by atoms with E-state index in [1.807, 2.05) is 28.4 Å². The van der Waals surface area contributed by atoms with Crippen molar-refractivity contribution >= 4 is 34.9 Å². The third kappa shape index (κ3) is 3.71. The van der Waals surface area contributed by atoms with Gasteiger partial charge in [0.05, 0.1) is 23.0 Å². The van der Waals surface area contributed by atoms with Gasteiger partial charge in [0.2, 0.25) is 11.8 Å². The van der Waals surface area contributed by atoms with Crippen LogP contribution in [0.4, 0.5) is 0 Å². The number of rotatable bonds is 4. The number of aromatic nitrogens is 1. The van der Waals surface area contributed by atoms with Crippen molar-refractivity contribution in [2.24, 2.45) is 5.41 Å². The Morgan fingerprint density at radius 3 is 2.78 bits per heavy atom. The standard InChI is InChI=1S/C16H23N3O2S2/c1-12-17-13(9-23-12)8-19-11-16(7-14(19)20)3-5-18(6-4-16)15(21)10-22-2/h9H,3-8,10-11H2,1-2H3. The van der Waals surface area contributed by atoms with E-state index >= 15 is 0 Å². The Morgan fingerprint density at radius 1 is 1.43 bits per heavy atom. The largest absolute Gasteiger partial charge is 0.342 e. The van der Waals surface area contributed by atoms with Gasteiger partial charge in [-0.2, -0.15) is 11.8 Å². The molecule has 7 heteroatoms. The maximum absolute atomic E-state index is 12.4. The molecule has 0 N–H and O–H groups in total. The Hall–Kier alpha value is -1.08. The van der Waals surface area contributed by atoms with Crippen LogP contribution in [-0.4, -0.2) is 58.2 Å². The molecular formula is C16H23N3O2S2. The Labute approximate surface area is 145 Å². The molecule has 2 aliphatic rings. The molecule has 2 amide bonds. The average Bonchev–Trinajstić information content (AvgIpc) is 3.05. The number of hydrogen-bond donors (Lipinski definition) is 0. The Bertz CT molecular complexity index is 594. The van der Waals surface area contributed by atoms with Crippen molar-refractivity contribution in [3.05, 3.63) is 16.1 Å². The fourth-order valence-electron chi connectivity index (χ4n) is 3.58. The van der Waals surface area contributed by atoms with Gasteiger partial charge in [0.15, 0.2) is 0 Å². The Kier molecular flexibility index (Phi) is 4.96. The van der Waals surface area contributed by atoms with Crippen LogP contribution in [0, 0.1) is 12.3 Å². The number of nitrogens with zero attached hydrogens (tertiary/aromatic N) is 3. The van der Waals surface area contributed by atoms with Gasteiger partial charge >= 0.3 is 0 Å². The van der Waals surface area contributed by atoms with Gasteiger partial charge in [0, 0.05) is 36.9 Å². The number of piperidine rings is 1. The fraction of sp³-hybridized carbons (Fsp3) is 0.688. The first kappa shape index (κ1) is 16.8. The van der Waals surface area contributed by atoms with Crippen molar-refractivity contribution in [3.8, 4) is 0 Å². The Balaban J connectivity index is 1.58. The van der Waals surface area contributed by atoms with E-state index in [4.69, 9.17) is 0 Å². The summed E-state index contributed by atoms with van der Waals surface area (Å²) in [5.41, 5.74) is 1.06. The SMILES string of the molecule is CSCC(=O)N1CCC2(CC1)CC(=O)N(Cc1csc(C)n1)C2. The lowest BCUT2D eigenvalue weighted by atomic mass is 9.77. The number of carbonyl (C=O) groups is 2. The van der Waals surface area contributed by atoms with Crippen molar-refractivity contribution in [2.75, 3.05) is 31.6 Å². The van der Waals surface area contributed by atoms with Crippen LogP contribution in [0.5, 0.6) is 0 Å². The summed E-state index contributed by atoms with van der Waals surface area (Å²) in [6.45, 7) is 5.00. The van der Waals surface area contributed by atoms with Crippen LogP contribution in [0.25, 0.3) is 0 Å². The van der Waals surface area contributed by atoms with E-state index < -0.39 is 0 Å². The summed E-state index contributed by atoms with van der Waals surface area (Å²) in [4.78, 5) is 32.8. The second-order valence-electron chi connectivity index (χ2n) is 6.60. The van der Waals surface area contributed by atoms with Crippen LogP contribution in [0.1, 0.15) is 30.0 Å². The summed E-state index contributed by atoms with van der Waals surface area (Å²) in [7, 11) is 0. The van der Waals surface area contributed by atoms with Crippen molar-refractivity contribution in [2.45, 2.75) is 32.7 Å². The van der Waals surface area contributed by atoms with Crippen LogP contribution in [-0.2, 0) is 16.1 Å². The van der Waals surface area contributed by atoms with Gasteiger partial charge in [-0.25, -0.2) is 4.98 Å². The number of carbonyl (C=O) groups excluding carboxylic acids is 2. The lowest BCUT2D eigenvalue weighted by Crippen LogP contribution is -2.44. The Morgan fingerprint density at radius 2 is 2.17 bits per heavy atom. The van der Waals surface area contributed by atoms with E-state index in [1.54, 1.807) is 23.1 Å². The molecule has 2 saturated heterocycles. The monoisotopic (exact) mass is 353 g/mol. The van der Waals surface area contributed by atoms with Crippen LogP contribution in [0.2, 0.25) is 0 Å². The summed E-state index contributed by atoms with van der Waals surface area (Å²) >= 11 is 3.20. The molecular weight excluding hydrogens is 330 g/mol. The predicted octanol–water partition coefficient (Wildman–Crippen LogP) is 2.16. The van der Waals surface area contributed by atoms with Gasteiger partial charge in [0.25, 0.3) is 0 Å². The summed E-state index contributed by atoms with van der Waals surface area (Å²) in [5, 5.41) is 3.08. The number of likely N-dealkylation sites (tertiary alicyclic amines) is 2. The van der Waals surface area contributed by atoms with Crippen LogP contribution < -0.4 is 0 Å².